The van der Waals surface area contributed by atoms with E-state index < -0.39 is 0 Å². The van der Waals surface area contributed by atoms with Gasteiger partial charge in [-0.25, -0.2) is 0 Å². The summed E-state index contributed by atoms with van der Waals surface area (Å²) in [5, 5.41) is 17.9. The zero-order chi connectivity index (χ0) is 15.0. The highest BCUT2D eigenvalue weighted by molar-refractivity contribution is 6.32. The SMILES string of the molecule is C=CCOc1cc(Cl)c(C=C(C#N)C#N)cc1OCC. The highest BCUT2D eigenvalue weighted by Gasteiger charge is 2.10. The first kappa shape index (κ1) is 15.6. The van der Waals surface area contributed by atoms with Crippen molar-refractivity contribution < 1.29 is 9.47 Å². The van der Waals surface area contributed by atoms with E-state index in [0.717, 1.165) is 0 Å². The summed E-state index contributed by atoms with van der Waals surface area (Å²) in [5.41, 5.74) is 0.494. The van der Waals surface area contributed by atoms with E-state index in [4.69, 9.17) is 31.6 Å². The van der Waals surface area contributed by atoms with Crippen molar-refractivity contribution in [2.45, 2.75) is 6.92 Å². The average Bonchev–Trinajstić information content (AvgIpc) is 2.46. The molecule has 0 aliphatic rings. The predicted octanol–water partition coefficient (Wildman–Crippen LogP) is 3.73. The summed E-state index contributed by atoms with van der Waals surface area (Å²) < 4.78 is 10.9. The summed E-state index contributed by atoms with van der Waals surface area (Å²) in [6, 6.07) is 6.80. The summed E-state index contributed by atoms with van der Waals surface area (Å²) in [6.07, 6.45) is 3.02. The molecule has 0 atom stereocenters. The molecule has 5 heteroatoms. The lowest BCUT2D eigenvalue weighted by Crippen LogP contribution is -1.99. The van der Waals surface area contributed by atoms with Crippen molar-refractivity contribution in [2.75, 3.05) is 13.2 Å². The van der Waals surface area contributed by atoms with E-state index in [1.807, 2.05) is 6.92 Å². The second kappa shape index (κ2) is 7.89. The molecule has 0 aliphatic heterocycles. The summed E-state index contributed by atoms with van der Waals surface area (Å²) in [4.78, 5) is 0. The Kier molecular flexibility index (Phi) is 6.16. The van der Waals surface area contributed by atoms with Crippen LogP contribution in [0.25, 0.3) is 6.08 Å². The van der Waals surface area contributed by atoms with Gasteiger partial charge in [0, 0.05) is 6.07 Å². The lowest BCUT2D eigenvalue weighted by atomic mass is 10.1. The molecule has 1 rings (SSSR count). The van der Waals surface area contributed by atoms with Gasteiger partial charge in [0.05, 0.1) is 11.6 Å². The maximum absolute atomic E-state index is 8.77. The van der Waals surface area contributed by atoms with Crippen molar-refractivity contribution in [2.24, 2.45) is 0 Å². The molecule has 4 nitrogen and oxygen atoms in total. The second-order valence-corrected chi connectivity index (χ2v) is 4.04. The standard InChI is InChI=1S/C15H13ClN2O2/c1-3-5-20-15-8-13(16)12(6-11(9-17)10-18)7-14(15)19-4-2/h3,6-8H,1,4-5H2,2H3. The van der Waals surface area contributed by atoms with E-state index >= 15 is 0 Å². The minimum atomic E-state index is -0.0332. The van der Waals surface area contributed by atoms with Crippen LogP contribution in [0.4, 0.5) is 0 Å². The lowest BCUT2D eigenvalue weighted by Gasteiger charge is -2.12. The fourth-order valence-corrected chi connectivity index (χ4v) is 1.64. The fourth-order valence-electron chi connectivity index (χ4n) is 1.44. The Balaban J connectivity index is 3.26. The summed E-state index contributed by atoms with van der Waals surface area (Å²) >= 11 is 6.11. The quantitative estimate of drug-likeness (QED) is 0.591. The van der Waals surface area contributed by atoms with Crippen LogP contribution in [-0.2, 0) is 0 Å². The number of hydrogen-bond donors (Lipinski definition) is 0. The van der Waals surface area contributed by atoms with Gasteiger partial charge in [-0.1, -0.05) is 24.3 Å². The molecular weight excluding hydrogens is 276 g/mol. The van der Waals surface area contributed by atoms with E-state index in [2.05, 4.69) is 6.58 Å². The number of rotatable bonds is 6. The fraction of sp³-hybridized carbons (Fsp3) is 0.200. The number of hydrogen-bond acceptors (Lipinski definition) is 4. The van der Waals surface area contributed by atoms with E-state index in [0.29, 0.717) is 35.3 Å². The Labute approximate surface area is 123 Å². The van der Waals surface area contributed by atoms with Crippen molar-refractivity contribution in [1.29, 1.82) is 10.5 Å². The molecule has 0 amide bonds. The Hall–Kier alpha value is -2.43. The zero-order valence-corrected chi connectivity index (χ0v) is 11.8. The minimum absolute atomic E-state index is 0.0332. The highest BCUT2D eigenvalue weighted by atomic mass is 35.5. The summed E-state index contributed by atoms with van der Waals surface area (Å²) in [5.74, 6) is 0.990. The van der Waals surface area contributed by atoms with Gasteiger partial charge in [0.25, 0.3) is 0 Å². The molecule has 0 N–H and O–H groups in total. The van der Waals surface area contributed by atoms with Gasteiger partial charge >= 0.3 is 0 Å². The molecule has 0 aliphatic carbocycles. The normalized spacial score (nSPS) is 9.00. The molecule has 0 aromatic heterocycles. The van der Waals surface area contributed by atoms with E-state index in [-0.39, 0.29) is 5.57 Å². The Bertz CT molecular complexity index is 594. The van der Waals surface area contributed by atoms with Crippen molar-refractivity contribution in [3.63, 3.8) is 0 Å². The molecule has 20 heavy (non-hydrogen) atoms. The van der Waals surface area contributed by atoms with Gasteiger partial charge in [0.15, 0.2) is 11.5 Å². The summed E-state index contributed by atoms with van der Waals surface area (Å²) in [7, 11) is 0. The molecule has 0 saturated heterocycles. The molecule has 0 bridgehead atoms. The number of ether oxygens (including phenoxy) is 2. The third-order valence-corrected chi connectivity index (χ3v) is 2.59. The van der Waals surface area contributed by atoms with Crippen LogP contribution in [0.5, 0.6) is 11.5 Å². The molecular formula is C15H13ClN2O2. The Morgan fingerprint density at radius 1 is 1.30 bits per heavy atom. The molecule has 1 aromatic carbocycles. The van der Waals surface area contributed by atoms with Crippen molar-refractivity contribution in [1.82, 2.24) is 0 Å². The monoisotopic (exact) mass is 288 g/mol. The van der Waals surface area contributed by atoms with Crippen LogP contribution in [0.15, 0.2) is 30.4 Å². The van der Waals surface area contributed by atoms with Gasteiger partial charge < -0.3 is 9.47 Å². The average molecular weight is 289 g/mol. The number of nitriles is 2. The number of allylic oxidation sites excluding steroid dienone is 1. The van der Waals surface area contributed by atoms with Crippen LogP contribution < -0.4 is 9.47 Å². The topological polar surface area (TPSA) is 66.0 Å². The highest BCUT2D eigenvalue weighted by Crippen LogP contribution is 2.34. The number of nitrogens with zero attached hydrogens (tertiary/aromatic N) is 2. The van der Waals surface area contributed by atoms with Crippen LogP contribution in [0.2, 0.25) is 5.02 Å². The molecule has 0 spiro atoms. The molecule has 0 saturated carbocycles. The van der Waals surface area contributed by atoms with Crippen LogP contribution in [-0.4, -0.2) is 13.2 Å². The van der Waals surface area contributed by atoms with Crippen molar-refractivity contribution >= 4 is 17.7 Å². The largest absolute Gasteiger partial charge is 0.490 e. The van der Waals surface area contributed by atoms with Crippen LogP contribution >= 0.6 is 11.6 Å². The van der Waals surface area contributed by atoms with Gasteiger partial charge in [-0.15, -0.1) is 0 Å². The van der Waals surface area contributed by atoms with E-state index in [1.54, 1.807) is 30.3 Å². The van der Waals surface area contributed by atoms with E-state index in [1.165, 1.54) is 6.08 Å². The van der Waals surface area contributed by atoms with E-state index in [9.17, 15) is 0 Å². The van der Waals surface area contributed by atoms with Crippen LogP contribution in [0, 0.1) is 22.7 Å². The van der Waals surface area contributed by atoms with Gasteiger partial charge in [-0.3, -0.25) is 0 Å². The van der Waals surface area contributed by atoms with Gasteiger partial charge in [0.1, 0.15) is 24.3 Å². The molecule has 0 fully saturated rings. The second-order valence-electron chi connectivity index (χ2n) is 3.63. The van der Waals surface area contributed by atoms with Crippen molar-refractivity contribution in [3.8, 4) is 23.6 Å². The smallest absolute Gasteiger partial charge is 0.163 e. The first-order valence-electron chi connectivity index (χ1n) is 5.88. The zero-order valence-electron chi connectivity index (χ0n) is 11.0. The first-order chi connectivity index (χ1) is 9.65. The van der Waals surface area contributed by atoms with Gasteiger partial charge in [0.2, 0.25) is 0 Å². The van der Waals surface area contributed by atoms with Crippen molar-refractivity contribution in [3.05, 3.63) is 40.9 Å². The Morgan fingerprint density at radius 3 is 2.50 bits per heavy atom. The molecule has 0 unspecified atom stereocenters. The molecule has 0 radical (unpaired) electrons. The predicted molar refractivity (Wildman–Crippen MR) is 77.5 cm³/mol. The molecule has 102 valence electrons. The molecule has 0 heterocycles. The third kappa shape index (κ3) is 4.05. The maximum atomic E-state index is 8.77. The maximum Gasteiger partial charge on any atom is 0.163 e. The van der Waals surface area contributed by atoms with Crippen LogP contribution in [0.1, 0.15) is 12.5 Å². The van der Waals surface area contributed by atoms with Crippen LogP contribution in [0.3, 0.4) is 0 Å². The van der Waals surface area contributed by atoms with Gasteiger partial charge in [-0.2, -0.15) is 10.5 Å². The summed E-state index contributed by atoms with van der Waals surface area (Å²) in [6.45, 7) is 6.20. The Morgan fingerprint density at radius 2 is 1.95 bits per heavy atom. The van der Waals surface area contributed by atoms with Gasteiger partial charge in [-0.05, 0) is 24.6 Å². The molecule has 1 aromatic rings. The first-order valence-corrected chi connectivity index (χ1v) is 6.26. The number of benzene rings is 1. The minimum Gasteiger partial charge on any atom is -0.490 e. The third-order valence-electron chi connectivity index (χ3n) is 2.26. The number of halogens is 1. The lowest BCUT2D eigenvalue weighted by molar-refractivity contribution is 0.297.